The Labute approximate surface area is 139 Å². The number of nitrogens with two attached hydrogens (primary N) is 1. The number of carbonyl (C=O) groups excluding carboxylic acids is 1. The Kier molecular flexibility index (Phi) is 7.06. The maximum Gasteiger partial charge on any atom is 0.244 e. The first kappa shape index (κ1) is 20.9. The Morgan fingerprint density at radius 1 is 1.36 bits per heavy atom. The van der Waals surface area contributed by atoms with E-state index < -0.39 is 6.04 Å². The van der Waals surface area contributed by atoms with Crippen LogP contribution in [0.4, 0.5) is 5.82 Å². The molecule has 1 rings (SSSR count). The average Bonchev–Trinajstić information content (AvgIpc) is 2.72. The van der Waals surface area contributed by atoms with Crippen molar-refractivity contribution in [1.29, 1.82) is 0 Å². The van der Waals surface area contributed by atoms with Crippen molar-refractivity contribution in [1.82, 2.24) is 9.78 Å². The van der Waals surface area contributed by atoms with Crippen LogP contribution in [0.15, 0.2) is 6.07 Å². The molecule has 1 atom stereocenters. The van der Waals surface area contributed by atoms with Gasteiger partial charge in [-0.15, -0.1) is 12.4 Å². The van der Waals surface area contributed by atoms with E-state index in [0.717, 1.165) is 5.69 Å². The molecule has 0 aromatic carbocycles. The van der Waals surface area contributed by atoms with Gasteiger partial charge in [-0.1, -0.05) is 20.8 Å². The zero-order valence-electron chi connectivity index (χ0n) is 14.6. The number of nitrogens with one attached hydrogen (secondary N) is 1. The topological polar surface area (TPSA) is 82.2 Å². The number of methoxy groups -OCH3 is 1. The number of hydrogen-bond acceptors (Lipinski definition) is 4. The van der Waals surface area contributed by atoms with Gasteiger partial charge in [0.25, 0.3) is 0 Å². The van der Waals surface area contributed by atoms with Gasteiger partial charge >= 0.3 is 0 Å². The highest BCUT2D eigenvalue weighted by Crippen LogP contribution is 2.28. The largest absolute Gasteiger partial charge is 0.383 e. The van der Waals surface area contributed by atoms with Crippen molar-refractivity contribution in [2.75, 3.05) is 19.0 Å². The first-order valence-corrected chi connectivity index (χ1v) is 7.13. The van der Waals surface area contributed by atoms with Gasteiger partial charge in [0, 0.05) is 18.6 Å². The van der Waals surface area contributed by atoms with Crippen LogP contribution in [0.2, 0.25) is 0 Å². The predicted molar refractivity (Wildman–Crippen MR) is 91.7 cm³/mol. The summed E-state index contributed by atoms with van der Waals surface area (Å²) in [5, 5.41) is 7.49. The van der Waals surface area contributed by atoms with E-state index in [1.54, 1.807) is 0 Å². The monoisotopic (exact) mass is 332 g/mol. The van der Waals surface area contributed by atoms with Crippen LogP contribution in [0.3, 0.4) is 0 Å². The molecule has 7 heteroatoms. The van der Waals surface area contributed by atoms with Gasteiger partial charge in [0.1, 0.15) is 11.9 Å². The van der Waals surface area contributed by atoms with E-state index in [1.807, 2.05) is 31.5 Å². The first-order valence-electron chi connectivity index (χ1n) is 7.13. The van der Waals surface area contributed by atoms with Gasteiger partial charge in [0.15, 0.2) is 0 Å². The van der Waals surface area contributed by atoms with Crippen LogP contribution >= 0.6 is 12.4 Å². The standard InChI is InChI=1S/C15H28N4O2.ClH/c1-14(2,3)11-8-12(19(18-11)15(4,5)6)17-13(20)10(16)9-21-7;/h8,10H,9,16H2,1-7H3,(H,17,20);1H. The van der Waals surface area contributed by atoms with Gasteiger partial charge in [0.05, 0.1) is 17.8 Å². The smallest absolute Gasteiger partial charge is 0.244 e. The van der Waals surface area contributed by atoms with Crippen molar-refractivity contribution in [3.8, 4) is 0 Å². The number of ether oxygens (including phenoxy) is 1. The molecular formula is C15H29ClN4O2. The maximum atomic E-state index is 12.1. The Bertz CT molecular complexity index is 501. The quantitative estimate of drug-likeness (QED) is 0.886. The van der Waals surface area contributed by atoms with Gasteiger partial charge in [-0.2, -0.15) is 5.10 Å². The van der Waals surface area contributed by atoms with Crippen LogP contribution < -0.4 is 11.1 Å². The van der Waals surface area contributed by atoms with Gasteiger partial charge in [0.2, 0.25) is 5.91 Å². The molecule has 0 radical (unpaired) electrons. The number of hydrogen-bond donors (Lipinski definition) is 2. The molecule has 0 saturated carbocycles. The minimum absolute atomic E-state index is 0. The normalized spacial score (nSPS) is 13.5. The number of anilines is 1. The molecule has 1 aromatic heterocycles. The molecule has 1 amide bonds. The second-order valence-corrected chi connectivity index (χ2v) is 7.30. The molecule has 0 fully saturated rings. The zero-order valence-corrected chi connectivity index (χ0v) is 15.4. The van der Waals surface area contributed by atoms with E-state index in [2.05, 4.69) is 31.2 Å². The third kappa shape index (κ3) is 5.26. The van der Waals surface area contributed by atoms with E-state index in [4.69, 9.17) is 10.5 Å². The van der Waals surface area contributed by atoms with Crippen molar-refractivity contribution in [2.24, 2.45) is 5.73 Å². The molecule has 0 bridgehead atoms. The third-order valence-corrected chi connectivity index (χ3v) is 3.05. The zero-order chi connectivity index (χ0) is 16.4. The second-order valence-electron chi connectivity index (χ2n) is 7.30. The van der Waals surface area contributed by atoms with Crippen LogP contribution in [-0.4, -0.2) is 35.4 Å². The van der Waals surface area contributed by atoms with Crippen LogP contribution in [0.1, 0.15) is 47.2 Å². The lowest BCUT2D eigenvalue weighted by Crippen LogP contribution is -2.40. The van der Waals surface area contributed by atoms with Gasteiger partial charge in [-0.25, -0.2) is 4.68 Å². The van der Waals surface area contributed by atoms with Crippen LogP contribution in [-0.2, 0) is 20.5 Å². The third-order valence-electron chi connectivity index (χ3n) is 3.05. The Morgan fingerprint density at radius 3 is 2.32 bits per heavy atom. The van der Waals surface area contributed by atoms with Gasteiger partial charge < -0.3 is 15.8 Å². The molecule has 0 aliphatic heterocycles. The molecule has 128 valence electrons. The minimum Gasteiger partial charge on any atom is -0.383 e. The number of aromatic nitrogens is 2. The highest BCUT2D eigenvalue weighted by molar-refractivity contribution is 5.94. The summed E-state index contributed by atoms with van der Waals surface area (Å²) in [6.45, 7) is 12.6. The van der Waals surface area contributed by atoms with E-state index in [0.29, 0.717) is 5.82 Å². The summed E-state index contributed by atoms with van der Waals surface area (Å²) in [4.78, 5) is 12.1. The lowest BCUT2D eigenvalue weighted by Gasteiger charge is -2.23. The number of nitrogens with zero attached hydrogens (tertiary/aromatic N) is 2. The lowest BCUT2D eigenvalue weighted by atomic mass is 9.92. The number of halogens is 1. The summed E-state index contributed by atoms with van der Waals surface area (Å²) in [5.74, 6) is 0.381. The number of rotatable bonds is 4. The minimum atomic E-state index is -0.698. The number of amides is 1. The van der Waals surface area contributed by atoms with Crippen molar-refractivity contribution < 1.29 is 9.53 Å². The summed E-state index contributed by atoms with van der Waals surface area (Å²) in [6.07, 6.45) is 0. The molecule has 1 heterocycles. The van der Waals surface area contributed by atoms with Crippen molar-refractivity contribution >= 4 is 24.1 Å². The Morgan fingerprint density at radius 2 is 1.91 bits per heavy atom. The second kappa shape index (κ2) is 7.44. The van der Waals surface area contributed by atoms with E-state index in [9.17, 15) is 4.79 Å². The molecular weight excluding hydrogens is 304 g/mol. The molecule has 1 aromatic rings. The fourth-order valence-corrected chi connectivity index (χ4v) is 1.82. The highest BCUT2D eigenvalue weighted by atomic mass is 35.5. The highest BCUT2D eigenvalue weighted by Gasteiger charge is 2.26. The summed E-state index contributed by atoms with van der Waals surface area (Å²) in [5.41, 5.74) is 6.35. The van der Waals surface area contributed by atoms with E-state index in [1.165, 1.54) is 7.11 Å². The molecule has 3 N–H and O–H groups in total. The van der Waals surface area contributed by atoms with Gasteiger partial charge in [-0.3, -0.25) is 4.79 Å². The van der Waals surface area contributed by atoms with Crippen LogP contribution in [0.25, 0.3) is 0 Å². The molecule has 0 aliphatic rings. The summed E-state index contributed by atoms with van der Waals surface area (Å²) in [7, 11) is 1.52. The van der Waals surface area contributed by atoms with E-state index >= 15 is 0 Å². The summed E-state index contributed by atoms with van der Waals surface area (Å²) < 4.78 is 6.74. The summed E-state index contributed by atoms with van der Waals surface area (Å²) >= 11 is 0. The first-order chi connectivity index (χ1) is 9.46. The van der Waals surface area contributed by atoms with Crippen molar-refractivity contribution in [3.05, 3.63) is 11.8 Å². The number of carbonyl (C=O) groups is 1. The molecule has 0 spiro atoms. The molecule has 0 aliphatic carbocycles. The maximum absolute atomic E-state index is 12.1. The van der Waals surface area contributed by atoms with Crippen molar-refractivity contribution in [2.45, 2.75) is 58.5 Å². The van der Waals surface area contributed by atoms with Crippen LogP contribution in [0, 0.1) is 0 Å². The fraction of sp³-hybridized carbons (Fsp3) is 0.733. The fourth-order valence-electron chi connectivity index (χ4n) is 1.82. The predicted octanol–water partition coefficient (Wildman–Crippen LogP) is 2.27. The summed E-state index contributed by atoms with van der Waals surface area (Å²) in [6, 6.07) is 1.21. The Hall–Kier alpha value is -1.11. The average molecular weight is 333 g/mol. The van der Waals surface area contributed by atoms with Gasteiger partial charge in [-0.05, 0) is 20.8 Å². The molecule has 6 nitrogen and oxygen atoms in total. The van der Waals surface area contributed by atoms with Crippen LogP contribution in [0.5, 0.6) is 0 Å². The SMILES string of the molecule is COCC(N)C(=O)Nc1cc(C(C)(C)C)nn1C(C)(C)C.Cl. The lowest BCUT2D eigenvalue weighted by molar-refractivity contribution is -0.118. The Balaban J connectivity index is 0.00000441. The molecule has 0 saturated heterocycles. The molecule has 22 heavy (non-hydrogen) atoms. The van der Waals surface area contributed by atoms with Crippen molar-refractivity contribution in [3.63, 3.8) is 0 Å². The van der Waals surface area contributed by atoms with E-state index in [-0.39, 0.29) is 35.9 Å². The molecule has 1 unspecified atom stereocenters.